The summed E-state index contributed by atoms with van der Waals surface area (Å²) >= 11 is 0. The quantitative estimate of drug-likeness (QED) is 0.412. The lowest BCUT2D eigenvalue weighted by atomic mass is 10.0. The van der Waals surface area contributed by atoms with Gasteiger partial charge in [0.1, 0.15) is 0 Å². The van der Waals surface area contributed by atoms with Gasteiger partial charge in [0, 0.05) is 22.9 Å². The topological polar surface area (TPSA) is 133 Å². The average molecular weight is 346 g/mol. The maximum atomic E-state index is 11.9. The van der Waals surface area contributed by atoms with Gasteiger partial charge in [-0.1, -0.05) is 0 Å². The zero-order valence-electron chi connectivity index (χ0n) is 12.9. The van der Waals surface area contributed by atoms with Crippen molar-refractivity contribution in [1.29, 1.82) is 0 Å². The average Bonchev–Trinajstić information content (AvgIpc) is 2.60. The van der Waals surface area contributed by atoms with Crippen LogP contribution in [-0.2, 0) is 9.47 Å². The molecule has 25 heavy (non-hydrogen) atoms. The van der Waals surface area contributed by atoms with E-state index in [2.05, 4.69) is 9.47 Å². The number of methoxy groups -OCH3 is 2. The molecular formula is C16H10O9. The number of phenolic OH excluding ortho intramolecular Hbond substituents is 1. The Morgan fingerprint density at radius 3 is 1.60 bits per heavy atom. The molecule has 2 heterocycles. The van der Waals surface area contributed by atoms with Gasteiger partial charge in [0.05, 0.1) is 25.3 Å². The Bertz CT molecular complexity index is 1060. The largest absolute Gasteiger partial charge is 0.502 e. The van der Waals surface area contributed by atoms with Gasteiger partial charge >= 0.3 is 23.2 Å². The first kappa shape index (κ1) is 16.2. The van der Waals surface area contributed by atoms with Crippen LogP contribution in [0.15, 0.2) is 36.6 Å². The Morgan fingerprint density at radius 2 is 1.24 bits per heavy atom. The van der Waals surface area contributed by atoms with Crippen molar-refractivity contribution in [1.82, 2.24) is 0 Å². The van der Waals surface area contributed by atoms with Crippen LogP contribution in [0.25, 0.3) is 21.9 Å². The Kier molecular flexibility index (Phi) is 3.76. The minimum absolute atomic E-state index is 0.00421. The molecule has 0 aliphatic rings. The molecule has 0 aliphatic heterocycles. The van der Waals surface area contributed by atoms with E-state index in [1.807, 2.05) is 0 Å². The second-order valence-corrected chi connectivity index (χ2v) is 4.92. The van der Waals surface area contributed by atoms with E-state index >= 15 is 0 Å². The number of ether oxygens (including phenoxy) is 2. The third-order valence-electron chi connectivity index (χ3n) is 3.53. The summed E-state index contributed by atoms with van der Waals surface area (Å²) in [5.41, 5.74) is -2.99. The predicted molar refractivity (Wildman–Crippen MR) is 82.9 cm³/mol. The summed E-state index contributed by atoms with van der Waals surface area (Å²) in [7, 11) is 2.23. The first-order chi connectivity index (χ1) is 11.9. The molecule has 2 aromatic heterocycles. The van der Waals surface area contributed by atoms with Crippen LogP contribution in [0.4, 0.5) is 0 Å². The van der Waals surface area contributed by atoms with E-state index in [4.69, 9.17) is 8.83 Å². The van der Waals surface area contributed by atoms with Gasteiger partial charge in [0.25, 0.3) is 0 Å². The second-order valence-electron chi connectivity index (χ2n) is 4.92. The highest BCUT2D eigenvalue weighted by molar-refractivity contribution is 6.13. The maximum Gasteiger partial charge on any atom is 0.338 e. The molecule has 0 saturated heterocycles. The van der Waals surface area contributed by atoms with E-state index in [1.165, 1.54) is 6.07 Å². The molecule has 1 N–H and O–H groups in total. The number of hydrogen-bond donors (Lipinski definition) is 1. The molecule has 0 aliphatic carbocycles. The van der Waals surface area contributed by atoms with E-state index in [0.29, 0.717) is 0 Å². The Balaban J connectivity index is 2.58. The molecule has 9 heteroatoms. The summed E-state index contributed by atoms with van der Waals surface area (Å²) in [5, 5.41) is 10.3. The van der Waals surface area contributed by atoms with Crippen LogP contribution < -0.4 is 11.3 Å². The molecule has 0 spiro atoms. The number of rotatable bonds is 2. The van der Waals surface area contributed by atoms with Gasteiger partial charge in [-0.2, -0.15) is 0 Å². The lowest BCUT2D eigenvalue weighted by Gasteiger charge is -2.09. The van der Waals surface area contributed by atoms with Crippen molar-refractivity contribution < 1.29 is 33.0 Å². The van der Waals surface area contributed by atoms with Gasteiger partial charge in [-0.05, 0) is 6.07 Å². The number of esters is 2. The molecular weight excluding hydrogens is 336 g/mol. The van der Waals surface area contributed by atoms with Gasteiger partial charge in [-0.3, -0.25) is 0 Å². The van der Waals surface area contributed by atoms with E-state index in [-0.39, 0.29) is 33.1 Å². The molecule has 3 rings (SSSR count). The fourth-order valence-corrected chi connectivity index (χ4v) is 2.45. The van der Waals surface area contributed by atoms with Crippen molar-refractivity contribution in [2.75, 3.05) is 14.2 Å². The van der Waals surface area contributed by atoms with Crippen molar-refractivity contribution >= 4 is 33.9 Å². The van der Waals surface area contributed by atoms with Crippen molar-refractivity contribution in [3.63, 3.8) is 0 Å². The number of benzene rings is 1. The highest BCUT2D eigenvalue weighted by Crippen LogP contribution is 2.35. The third kappa shape index (κ3) is 2.51. The Morgan fingerprint density at radius 1 is 0.840 bits per heavy atom. The number of carbonyl (C=O) groups excluding carboxylic acids is 2. The highest BCUT2D eigenvalue weighted by Gasteiger charge is 2.23. The van der Waals surface area contributed by atoms with Crippen molar-refractivity contribution in [2.45, 2.75) is 0 Å². The van der Waals surface area contributed by atoms with E-state index < -0.39 is 28.9 Å². The van der Waals surface area contributed by atoms with E-state index in [1.54, 1.807) is 0 Å². The molecule has 1 aromatic carbocycles. The molecule has 0 amide bonds. The van der Waals surface area contributed by atoms with E-state index in [9.17, 15) is 24.3 Å². The van der Waals surface area contributed by atoms with Crippen molar-refractivity contribution in [3.8, 4) is 5.75 Å². The number of carbonyl (C=O) groups is 2. The minimum atomic E-state index is -0.922. The smallest absolute Gasteiger partial charge is 0.338 e. The van der Waals surface area contributed by atoms with Crippen molar-refractivity contribution in [3.05, 3.63) is 50.2 Å². The fraction of sp³-hybridized carbons (Fsp3) is 0.125. The van der Waals surface area contributed by atoms with Crippen LogP contribution in [0.1, 0.15) is 20.7 Å². The van der Waals surface area contributed by atoms with Gasteiger partial charge < -0.3 is 23.4 Å². The van der Waals surface area contributed by atoms with Crippen LogP contribution in [0.3, 0.4) is 0 Å². The summed E-state index contributed by atoms with van der Waals surface area (Å²) in [6.07, 6.45) is 0. The molecule has 0 fully saturated rings. The zero-order valence-corrected chi connectivity index (χ0v) is 12.9. The van der Waals surface area contributed by atoms with Crippen LogP contribution in [0.5, 0.6) is 5.75 Å². The fourth-order valence-electron chi connectivity index (χ4n) is 2.45. The molecule has 0 bridgehead atoms. The maximum absolute atomic E-state index is 11.9. The molecule has 0 radical (unpaired) electrons. The lowest BCUT2D eigenvalue weighted by Crippen LogP contribution is -2.10. The van der Waals surface area contributed by atoms with Crippen LogP contribution in [-0.4, -0.2) is 31.3 Å². The van der Waals surface area contributed by atoms with Crippen molar-refractivity contribution in [2.24, 2.45) is 0 Å². The number of phenols is 1. The normalized spacial score (nSPS) is 10.8. The van der Waals surface area contributed by atoms with Gasteiger partial charge in [-0.25, -0.2) is 19.2 Å². The molecule has 9 nitrogen and oxygen atoms in total. The molecule has 128 valence electrons. The van der Waals surface area contributed by atoms with Crippen LogP contribution >= 0.6 is 0 Å². The lowest BCUT2D eigenvalue weighted by molar-refractivity contribution is 0.0594. The summed E-state index contributed by atoms with van der Waals surface area (Å²) in [5.74, 6) is -2.42. The van der Waals surface area contributed by atoms with Crippen LogP contribution in [0.2, 0.25) is 0 Å². The molecule has 0 saturated carbocycles. The number of hydrogen-bond acceptors (Lipinski definition) is 9. The van der Waals surface area contributed by atoms with E-state index in [0.717, 1.165) is 26.4 Å². The third-order valence-corrected chi connectivity index (χ3v) is 3.53. The summed E-state index contributed by atoms with van der Waals surface area (Å²) in [4.78, 5) is 47.1. The van der Waals surface area contributed by atoms with Gasteiger partial charge in [-0.15, -0.1) is 0 Å². The number of fused-ring (bicyclic) bond motifs is 2. The Hall–Kier alpha value is -3.62. The summed E-state index contributed by atoms with van der Waals surface area (Å²) < 4.78 is 19.0. The summed E-state index contributed by atoms with van der Waals surface area (Å²) in [6.45, 7) is 0. The van der Waals surface area contributed by atoms with Crippen LogP contribution in [0, 0.1) is 0 Å². The summed E-state index contributed by atoms with van der Waals surface area (Å²) in [6, 6.07) is 3.03. The highest BCUT2D eigenvalue weighted by atomic mass is 16.5. The second kappa shape index (κ2) is 5.78. The molecule has 0 atom stereocenters. The van der Waals surface area contributed by atoms with Gasteiger partial charge in [0.2, 0.25) is 5.75 Å². The predicted octanol–water partition coefficient (Wildman–Crippen LogP) is 1.18. The Labute approximate surface area is 138 Å². The first-order valence-electron chi connectivity index (χ1n) is 6.81. The minimum Gasteiger partial charge on any atom is -0.502 e. The van der Waals surface area contributed by atoms with Gasteiger partial charge in [0.15, 0.2) is 11.2 Å². The zero-order chi connectivity index (χ0) is 18.3. The standard InChI is InChI=1S/C16H10O9/c1-22-15(20)8-4-10(17)24-13-6(8)3-7-9(16(21)23-2)5-11(18)25-14(7)12(13)19/h3-5,19H,1-2H3. The number of aromatic hydroxyl groups is 1. The molecule has 3 aromatic rings. The first-order valence-corrected chi connectivity index (χ1v) is 6.81. The molecule has 0 unspecified atom stereocenters. The SMILES string of the molecule is COC(=O)c1cc(=O)oc2c(O)c3oc(=O)cc(C(=O)OC)c3cc12. The monoisotopic (exact) mass is 346 g/mol.